The maximum absolute atomic E-state index is 6.14. The third-order valence-corrected chi connectivity index (χ3v) is 12.8. The molecule has 7 heteroatoms. The lowest BCUT2D eigenvalue weighted by Gasteiger charge is -2.37. The Bertz CT molecular complexity index is 644. The number of halogens is 6. The van der Waals surface area contributed by atoms with Crippen molar-refractivity contribution >= 4 is 95.6 Å². The topological polar surface area (TPSA) is 9.23 Å². The number of benzene rings is 2. The van der Waals surface area contributed by atoms with Gasteiger partial charge in [-0.15, -0.1) is 0 Å². The van der Waals surface area contributed by atoms with Crippen molar-refractivity contribution in [2.45, 2.75) is 11.5 Å². The minimum Gasteiger partial charge on any atom is -0.464 e. The fourth-order valence-electron chi connectivity index (χ4n) is 1.87. The molecular weight excluding hydrogens is 688 g/mol. The highest BCUT2D eigenvalue weighted by molar-refractivity contribution is 9.30. The number of rotatable bonds is 6. The quantitative estimate of drug-likeness (QED) is 0.280. The zero-order valence-corrected chi connectivity index (χ0v) is 21.2. The summed E-state index contributed by atoms with van der Waals surface area (Å²) in [6, 6.07) is 18.2. The van der Waals surface area contributed by atoms with E-state index in [1.54, 1.807) is 0 Å². The second kappa shape index (κ2) is 8.67. The molecular formula is C16H12Br6O. The maximum atomic E-state index is 6.14. The zero-order valence-electron chi connectivity index (χ0n) is 11.7. The molecule has 1 unspecified atom stereocenters. The molecule has 0 fully saturated rings. The largest absolute Gasteiger partial charge is 0.464 e. The predicted molar refractivity (Wildman–Crippen MR) is 120 cm³/mol. The van der Waals surface area contributed by atoms with Crippen LogP contribution in [0.5, 0.6) is 5.75 Å². The molecule has 0 spiro atoms. The van der Waals surface area contributed by atoms with Gasteiger partial charge in [0.2, 0.25) is 3.42 Å². The van der Waals surface area contributed by atoms with Crippen molar-refractivity contribution in [3.8, 4) is 16.9 Å². The highest BCUT2D eigenvalue weighted by atomic mass is 79.9. The number of ether oxygens (including phenoxy) is 1. The van der Waals surface area contributed by atoms with Gasteiger partial charge in [-0.3, -0.25) is 0 Å². The van der Waals surface area contributed by atoms with Crippen LogP contribution in [0.1, 0.15) is 0 Å². The van der Waals surface area contributed by atoms with Crippen LogP contribution in [0.25, 0.3) is 11.1 Å². The van der Waals surface area contributed by atoms with Crippen molar-refractivity contribution in [2.75, 3.05) is 5.33 Å². The predicted octanol–water partition coefficient (Wildman–Crippen LogP) is 7.82. The molecule has 1 atom stereocenters. The summed E-state index contributed by atoms with van der Waals surface area (Å²) in [5, 5.41) is 0.732. The number of alkyl halides is 6. The molecule has 2 aromatic rings. The second-order valence-electron chi connectivity index (χ2n) is 4.76. The average Bonchev–Trinajstić information content (AvgIpc) is 2.54. The van der Waals surface area contributed by atoms with Crippen LogP contribution in [0.4, 0.5) is 0 Å². The van der Waals surface area contributed by atoms with Gasteiger partial charge >= 0.3 is 0 Å². The highest BCUT2D eigenvalue weighted by Gasteiger charge is 2.51. The summed E-state index contributed by atoms with van der Waals surface area (Å²) in [5.74, 6) is 0.748. The molecule has 0 bridgehead atoms. The third kappa shape index (κ3) is 5.07. The fraction of sp³-hybridized carbons (Fsp3) is 0.250. The normalized spacial score (nSPS) is 13.7. The Balaban J connectivity index is 2.27. The third-order valence-electron chi connectivity index (χ3n) is 3.10. The Kier molecular flexibility index (Phi) is 7.70. The van der Waals surface area contributed by atoms with E-state index in [0.717, 1.165) is 22.2 Å². The summed E-state index contributed by atoms with van der Waals surface area (Å²) in [4.78, 5) is 0.0612. The summed E-state index contributed by atoms with van der Waals surface area (Å²) in [6.45, 7) is 0. The lowest BCUT2D eigenvalue weighted by atomic mass is 10.1. The van der Waals surface area contributed by atoms with E-state index >= 15 is 0 Å². The molecule has 2 rings (SSSR count). The summed E-state index contributed by atoms with van der Waals surface area (Å²) < 4.78 is 4.70. The smallest absolute Gasteiger partial charge is 0.243 e. The SMILES string of the molecule is BrCC(Br)C(Br)(Br)C(Br)(Br)Oc1cccc(-c2ccccc2)c1. The van der Waals surface area contributed by atoms with E-state index in [-0.39, 0.29) is 4.83 Å². The molecule has 0 saturated heterocycles. The van der Waals surface area contributed by atoms with Gasteiger partial charge in [0, 0.05) is 5.33 Å². The van der Waals surface area contributed by atoms with E-state index in [2.05, 4.69) is 114 Å². The van der Waals surface area contributed by atoms with Crippen LogP contribution < -0.4 is 4.74 Å². The van der Waals surface area contributed by atoms with Crippen LogP contribution in [0.3, 0.4) is 0 Å². The number of hydrogen-bond acceptors (Lipinski definition) is 1. The first-order chi connectivity index (χ1) is 10.8. The molecule has 23 heavy (non-hydrogen) atoms. The molecule has 0 saturated carbocycles. The Morgan fingerprint density at radius 1 is 0.870 bits per heavy atom. The van der Waals surface area contributed by atoms with Crippen molar-refractivity contribution in [3.63, 3.8) is 0 Å². The van der Waals surface area contributed by atoms with Crippen LogP contribution in [-0.2, 0) is 0 Å². The van der Waals surface area contributed by atoms with Gasteiger partial charge in [0.15, 0.2) is 3.23 Å². The monoisotopic (exact) mass is 694 g/mol. The molecule has 0 radical (unpaired) electrons. The second-order valence-corrected chi connectivity index (χ2v) is 13.4. The maximum Gasteiger partial charge on any atom is 0.243 e. The van der Waals surface area contributed by atoms with Gasteiger partial charge in [-0.2, -0.15) is 0 Å². The van der Waals surface area contributed by atoms with Crippen LogP contribution in [0, 0.1) is 0 Å². The van der Waals surface area contributed by atoms with Gasteiger partial charge in [0.05, 0.1) is 4.83 Å². The van der Waals surface area contributed by atoms with Crippen LogP contribution in [0.15, 0.2) is 54.6 Å². The standard InChI is InChI=1S/C16H12Br6O/c17-10-14(18)15(19,20)16(21,22)23-13-8-4-7-12(9-13)11-5-2-1-3-6-11/h1-9,14H,10H2. The lowest BCUT2D eigenvalue weighted by Crippen LogP contribution is -2.46. The fourth-order valence-corrected chi connectivity index (χ4v) is 5.57. The van der Waals surface area contributed by atoms with Gasteiger partial charge in [-0.1, -0.05) is 106 Å². The van der Waals surface area contributed by atoms with Crippen molar-refractivity contribution < 1.29 is 4.74 Å². The molecule has 0 amide bonds. The van der Waals surface area contributed by atoms with Gasteiger partial charge in [0.1, 0.15) is 5.75 Å². The van der Waals surface area contributed by atoms with Crippen molar-refractivity contribution in [3.05, 3.63) is 54.6 Å². The average molecular weight is 700 g/mol. The first-order valence-corrected chi connectivity index (χ1v) is 11.8. The van der Waals surface area contributed by atoms with Crippen LogP contribution >= 0.6 is 95.6 Å². The van der Waals surface area contributed by atoms with Gasteiger partial charge in [-0.05, 0) is 55.1 Å². The first-order valence-electron chi connectivity index (χ1n) is 6.58. The Morgan fingerprint density at radius 2 is 1.48 bits per heavy atom. The van der Waals surface area contributed by atoms with Crippen LogP contribution in [-0.4, -0.2) is 16.8 Å². The molecule has 0 aliphatic heterocycles. The van der Waals surface area contributed by atoms with E-state index < -0.39 is 6.65 Å². The summed E-state index contributed by atoms with van der Waals surface area (Å²) >= 11 is 21.7. The molecule has 1 nitrogen and oxygen atoms in total. The van der Waals surface area contributed by atoms with Crippen molar-refractivity contribution in [1.82, 2.24) is 0 Å². The Hall–Kier alpha value is 1.12. The van der Waals surface area contributed by atoms with Crippen LogP contribution in [0.2, 0.25) is 0 Å². The van der Waals surface area contributed by atoms with E-state index in [1.807, 2.05) is 36.4 Å². The van der Waals surface area contributed by atoms with E-state index in [9.17, 15) is 0 Å². The summed E-state index contributed by atoms with van der Waals surface area (Å²) in [7, 11) is 0. The number of hydrogen-bond donors (Lipinski definition) is 0. The molecule has 0 N–H and O–H groups in total. The summed E-state index contributed by atoms with van der Waals surface area (Å²) in [5.41, 5.74) is 2.25. The van der Waals surface area contributed by atoms with Crippen molar-refractivity contribution in [1.29, 1.82) is 0 Å². The van der Waals surface area contributed by atoms with Crippen molar-refractivity contribution in [2.24, 2.45) is 0 Å². The Morgan fingerprint density at radius 3 is 2.09 bits per heavy atom. The highest BCUT2D eigenvalue weighted by Crippen LogP contribution is 2.53. The molecule has 0 aliphatic rings. The molecule has 0 heterocycles. The van der Waals surface area contributed by atoms with Gasteiger partial charge < -0.3 is 4.74 Å². The minimum atomic E-state index is -0.857. The zero-order chi connectivity index (χ0) is 17.1. The van der Waals surface area contributed by atoms with Gasteiger partial charge in [0.25, 0.3) is 0 Å². The molecule has 0 aliphatic carbocycles. The Labute approximate surface area is 186 Å². The molecule has 2 aromatic carbocycles. The van der Waals surface area contributed by atoms with Gasteiger partial charge in [-0.25, -0.2) is 0 Å². The minimum absolute atomic E-state index is 0.0612. The first kappa shape index (κ1) is 20.4. The lowest BCUT2D eigenvalue weighted by molar-refractivity contribution is 0.261. The molecule has 0 aromatic heterocycles. The summed E-state index contributed by atoms with van der Waals surface area (Å²) in [6.07, 6.45) is 0. The molecule has 124 valence electrons. The van der Waals surface area contributed by atoms with E-state index in [4.69, 9.17) is 4.74 Å². The van der Waals surface area contributed by atoms with E-state index in [1.165, 1.54) is 0 Å². The van der Waals surface area contributed by atoms with E-state index in [0.29, 0.717) is 0 Å².